The van der Waals surface area contributed by atoms with Gasteiger partial charge in [0.15, 0.2) is 5.79 Å². The quantitative estimate of drug-likeness (QED) is 0.489. The minimum absolute atomic E-state index is 0.366. The van der Waals surface area contributed by atoms with Gasteiger partial charge in [0.2, 0.25) is 0 Å². The molecular formula is C7H13NO2. The van der Waals surface area contributed by atoms with E-state index in [0.29, 0.717) is 12.1 Å². The minimum atomic E-state index is -0.366. The summed E-state index contributed by atoms with van der Waals surface area (Å²) in [7, 11) is 0. The van der Waals surface area contributed by atoms with Crippen molar-refractivity contribution in [1.82, 2.24) is 5.32 Å². The lowest BCUT2D eigenvalue weighted by Gasteiger charge is -2.23. The van der Waals surface area contributed by atoms with Gasteiger partial charge in [-0.15, -0.1) is 0 Å². The summed E-state index contributed by atoms with van der Waals surface area (Å²) in [6, 6.07) is 1.11. The summed E-state index contributed by atoms with van der Waals surface area (Å²) in [5.74, 6) is -0.366. The number of ether oxygens (including phenoxy) is 2. The molecule has 10 heavy (non-hydrogen) atoms. The molecule has 2 fully saturated rings. The van der Waals surface area contributed by atoms with Crippen molar-refractivity contribution >= 4 is 0 Å². The van der Waals surface area contributed by atoms with Crippen LogP contribution in [-0.4, -0.2) is 31.1 Å². The van der Waals surface area contributed by atoms with E-state index in [-0.39, 0.29) is 5.79 Å². The first-order valence-electron chi connectivity index (χ1n) is 3.71. The smallest absolute Gasteiger partial charge is 0.162 e. The number of hydrogen-bond donors (Lipinski definition) is 1. The molecule has 0 radical (unpaired) electrons. The highest BCUT2D eigenvalue weighted by atomic mass is 16.7. The van der Waals surface area contributed by atoms with Gasteiger partial charge in [-0.05, 0) is 13.8 Å². The molecule has 0 aromatic heterocycles. The third-order valence-electron chi connectivity index (χ3n) is 2.03. The van der Waals surface area contributed by atoms with Gasteiger partial charge in [0.1, 0.15) is 0 Å². The van der Waals surface area contributed by atoms with E-state index in [1.54, 1.807) is 0 Å². The maximum Gasteiger partial charge on any atom is 0.162 e. The Kier molecular flexibility index (Phi) is 1.27. The van der Waals surface area contributed by atoms with Gasteiger partial charge in [0, 0.05) is 12.1 Å². The molecular weight excluding hydrogens is 130 g/mol. The maximum absolute atomic E-state index is 5.46. The van der Waals surface area contributed by atoms with E-state index in [1.807, 2.05) is 13.8 Å². The lowest BCUT2D eigenvalue weighted by atomic mass is 10.3. The van der Waals surface area contributed by atoms with E-state index < -0.39 is 0 Å². The molecule has 0 amide bonds. The van der Waals surface area contributed by atoms with E-state index in [2.05, 4.69) is 5.32 Å². The average molecular weight is 143 g/mol. The maximum atomic E-state index is 5.46. The summed E-state index contributed by atoms with van der Waals surface area (Å²) >= 11 is 0. The second kappa shape index (κ2) is 1.94. The van der Waals surface area contributed by atoms with Crippen molar-refractivity contribution in [2.75, 3.05) is 13.2 Å². The topological polar surface area (TPSA) is 40.4 Å². The molecule has 2 aliphatic rings. The Morgan fingerprint density at radius 3 is 2.20 bits per heavy atom. The summed E-state index contributed by atoms with van der Waals surface area (Å²) in [4.78, 5) is 0. The summed E-state index contributed by atoms with van der Waals surface area (Å²) in [5.41, 5.74) is 0. The van der Waals surface area contributed by atoms with E-state index in [1.165, 1.54) is 0 Å². The number of hydrogen-bond acceptors (Lipinski definition) is 3. The van der Waals surface area contributed by atoms with Crippen LogP contribution in [0, 0.1) is 0 Å². The molecule has 0 saturated carbocycles. The van der Waals surface area contributed by atoms with Gasteiger partial charge in [0.05, 0.1) is 13.2 Å². The van der Waals surface area contributed by atoms with Crippen molar-refractivity contribution in [3.8, 4) is 0 Å². The molecule has 0 aliphatic carbocycles. The van der Waals surface area contributed by atoms with Crippen LogP contribution in [0.25, 0.3) is 0 Å². The van der Waals surface area contributed by atoms with Gasteiger partial charge in [-0.2, -0.15) is 0 Å². The fraction of sp³-hybridized carbons (Fsp3) is 1.00. The van der Waals surface area contributed by atoms with Crippen LogP contribution in [0.15, 0.2) is 0 Å². The van der Waals surface area contributed by atoms with Gasteiger partial charge in [0.25, 0.3) is 0 Å². The molecule has 2 aliphatic heterocycles. The lowest BCUT2D eigenvalue weighted by Crippen LogP contribution is -2.29. The van der Waals surface area contributed by atoms with Crippen LogP contribution in [-0.2, 0) is 9.47 Å². The van der Waals surface area contributed by atoms with Crippen LogP contribution in [0.2, 0.25) is 0 Å². The van der Waals surface area contributed by atoms with Crippen LogP contribution in [0.5, 0.6) is 0 Å². The first-order chi connectivity index (χ1) is 4.67. The van der Waals surface area contributed by atoms with Gasteiger partial charge in [-0.3, -0.25) is 0 Å². The number of rotatable bonds is 0. The predicted octanol–water partition coefficient (Wildman–Crippen LogP) is 0.110. The molecule has 0 unspecified atom stereocenters. The second-order valence-corrected chi connectivity index (χ2v) is 3.40. The summed E-state index contributed by atoms with van der Waals surface area (Å²) < 4.78 is 10.9. The number of nitrogens with one attached hydrogen (secondary N) is 1. The fourth-order valence-corrected chi connectivity index (χ4v) is 1.17. The Morgan fingerprint density at radius 2 is 1.70 bits per heavy atom. The van der Waals surface area contributed by atoms with E-state index in [0.717, 1.165) is 13.2 Å². The highest BCUT2D eigenvalue weighted by Gasteiger charge is 2.41. The largest absolute Gasteiger partial charge is 0.349 e. The minimum Gasteiger partial charge on any atom is -0.349 e. The SMILES string of the molecule is CC1(C)OC[C@@H]2N[C@@H]2CO1. The van der Waals surface area contributed by atoms with E-state index >= 15 is 0 Å². The highest BCUT2D eigenvalue weighted by Crippen LogP contribution is 2.23. The van der Waals surface area contributed by atoms with Crippen LogP contribution >= 0.6 is 0 Å². The molecule has 0 spiro atoms. The molecule has 2 saturated heterocycles. The Bertz CT molecular complexity index is 133. The van der Waals surface area contributed by atoms with Crippen molar-refractivity contribution in [3.63, 3.8) is 0 Å². The second-order valence-electron chi connectivity index (χ2n) is 3.40. The summed E-state index contributed by atoms with van der Waals surface area (Å²) in [6.07, 6.45) is 0. The Labute approximate surface area is 60.7 Å². The predicted molar refractivity (Wildman–Crippen MR) is 36.7 cm³/mol. The van der Waals surface area contributed by atoms with Crippen molar-refractivity contribution < 1.29 is 9.47 Å². The molecule has 0 aromatic carbocycles. The normalized spacial score (nSPS) is 43.8. The summed E-state index contributed by atoms with van der Waals surface area (Å²) in [5, 5.41) is 3.26. The average Bonchev–Trinajstić information content (AvgIpc) is 2.56. The Hall–Kier alpha value is -0.120. The van der Waals surface area contributed by atoms with Crippen LogP contribution in [0.1, 0.15) is 13.8 Å². The Balaban J connectivity index is 1.96. The van der Waals surface area contributed by atoms with Crippen LogP contribution in [0.3, 0.4) is 0 Å². The molecule has 3 heteroatoms. The number of fused-ring (bicyclic) bond motifs is 1. The third-order valence-corrected chi connectivity index (χ3v) is 2.03. The molecule has 58 valence electrons. The van der Waals surface area contributed by atoms with Crippen molar-refractivity contribution in [1.29, 1.82) is 0 Å². The van der Waals surface area contributed by atoms with E-state index in [9.17, 15) is 0 Å². The molecule has 2 rings (SSSR count). The van der Waals surface area contributed by atoms with Gasteiger partial charge in [-0.25, -0.2) is 0 Å². The highest BCUT2D eigenvalue weighted by molar-refractivity contribution is 4.99. The first kappa shape index (κ1) is 6.58. The molecule has 3 nitrogen and oxygen atoms in total. The lowest BCUT2D eigenvalue weighted by molar-refractivity contribution is -0.203. The van der Waals surface area contributed by atoms with Gasteiger partial charge < -0.3 is 14.8 Å². The van der Waals surface area contributed by atoms with E-state index in [4.69, 9.17) is 9.47 Å². The zero-order chi connectivity index (χ0) is 7.19. The fourth-order valence-electron chi connectivity index (χ4n) is 1.17. The standard InChI is InChI=1S/C7H13NO2/c1-7(2)9-3-5-6(8-5)4-10-7/h5-6,8H,3-4H2,1-2H3/t5-,6+. The molecule has 0 aromatic rings. The Morgan fingerprint density at radius 1 is 1.20 bits per heavy atom. The van der Waals surface area contributed by atoms with Crippen molar-refractivity contribution in [2.24, 2.45) is 0 Å². The molecule has 2 heterocycles. The van der Waals surface area contributed by atoms with Crippen LogP contribution in [0.4, 0.5) is 0 Å². The van der Waals surface area contributed by atoms with Gasteiger partial charge in [-0.1, -0.05) is 0 Å². The summed E-state index contributed by atoms with van der Waals surface area (Å²) in [6.45, 7) is 5.49. The van der Waals surface area contributed by atoms with Crippen molar-refractivity contribution in [3.05, 3.63) is 0 Å². The van der Waals surface area contributed by atoms with Gasteiger partial charge >= 0.3 is 0 Å². The molecule has 0 bridgehead atoms. The van der Waals surface area contributed by atoms with Crippen LogP contribution < -0.4 is 5.32 Å². The zero-order valence-electron chi connectivity index (χ0n) is 6.39. The molecule has 2 atom stereocenters. The third kappa shape index (κ3) is 1.17. The van der Waals surface area contributed by atoms with Crippen molar-refractivity contribution in [2.45, 2.75) is 31.7 Å². The zero-order valence-corrected chi connectivity index (χ0v) is 6.39. The molecule has 1 N–H and O–H groups in total. The first-order valence-corrected chi connectivity index (χ1v) is 3.71. The monoisotopic (exact) mass is 143 g/mol.